The zero-order valence-electron chi connectivity index (χ0n) is 12.2. The lowest BCUT2D eigenvalue weighted by Crippen LogP contribution is -2.18. The summed E-state index contributed by atoms with van der Waals surface area (Å²) in [6.07, 6.45) is 5.51. The Morgan fingerprint density at radius 1 is 1.19 bits per heavy atom. The van der Waals surface area contributed by atoms with E-state index >= 15 is 0 Å². The Labute approximate surface area is 123 Å². The molecule has 0 aliphatic carbocycles. The van der Waals surface area contributed by atoms with Crippen molar-refractivity contribution in [2.45, 2.75) is 13.5 Å². The lowest BCUT2D eigenvalue weighted by Gasteiger charge is -2.10. The summed E-state index contributed by atoms with van der Waals surface area (Å²) in [6.45, 7) is 2.60. The van der Waals surface area contributed by atoms with Gasteiger partial charge in [-0.15, -0.1) is 0 Å². The second-order valence-electron chi connectivity index (χ2n) is 5.22. The summed E-state index contributed by atoms with van der Waals surface area (Å²) >= 11 is 0. The number of imidazole rings is 1. The van der Waals surface area contributed by atoms with Gasteiger partial charge in [0.15, 0.2) is 0 Å². The van der Waals surface area contributed by atoms with Gasteiger partial charge in [0.25, 0.3) is 5.56 Å². The van der Waals surface area contributed by atoms with E-state index in [0.717, 1.165) is 23.4 Å². The molecule has 0 fully saturated rings. The van der Waals surface area contributed by atoms with Crippen LogP contribution in [-0.4, -0.2) is 14.1 Å². The number of aromatic nitrogens is 3. The largest absolute Gasteiger partial charge is 0.326 e. The Morgan fingerprint density at radius 2 is 1.95 bits per heavy atom. The van der Waals surface area contributed by atoms with Gasteiger partial charge in [0.05, 0.1) is 18.2 Å². The van der Waals surface area contributed by atoms with Gasteiger partial charge in [-0.05, 0) is 18.6 Å². The van der Waals surface area contributed by atoms with E-state index < -0.39 is 0 Å². The average Bonchev–Trinajstić information content (AvgIpc) is 2.93. The van der Waals surface area contributed by atoms with Crippen LogP contribution in [0.15, 0.2) is 59.9 Å². The summed E-state index contributed by atoms with van der Waals surface area (Å²) in [5.41, 5.74) is 4.01. The first-order valence-corrected chi connectivity index (χ1v) is 6.87. The maximum atomic E-state index is 11.8. The van der Waals surface area contributed by atoms with Crippen LogP contribution in [0.3, 0.4) is 0 Å². The third-order valence-electron chi connectivity index (χ3n) is 3.57. The van der Waals surface area contributed by atoms with Gasteiger partial charge in [0, 0.05) is 30.9 Å². The number of nitrogens with zero attached hydrogens (tertiary/aromatic N) is 3. The predicted molar refractivity (Wildman–Crippen MR) is 83.2 cm³/mol. The van der Waals surface area contributed by atoms with Crippen molar-refractivity contribution in [2.24, 2.45) is 7.05 Å². The molecule has 21 heavy (non-hydrogen) atoms. The highest BCUT2D eigenvalue weighted by atomic mass is 16.1. The Bertz CT molecular complexity index is 789. The predicted octanol–water partition coefficient (Wildman–Crippen LogP) is 2.61. The lowest BCUT2D eigenvalue weighted by atomic mass is 10.1. The van der Waals surface area contributed by atoms with Crippen molar-refractivity contribution >= 4 is 0 Å². The zero-order chi connectivity index (χ0) is 14.8. The molecule has 0 radical (unpaired) electrons. The first kappa shape index (κ1) is 13.4. The Hall–Kier alpha value is -2.62. The van der Waals surface area contributed by atoms with E-state index in [9.17, 15) is 4.79 Å². The first-order valence-electron chi connectivity index (χ1n) is 6.87. The van der Waals surface area contributed by atoms with E-state index in [0.29, 0.717) is 0 Å². The average molecular weight is 279 g/mol. The van der Waals surface area contributed by atoms with Crippen LogP contribution in [0.4, 0.5) is 0 Å². The highest BCUT2D eigenvalue weighted by molar-refractivity contribution is 5.58. The fourth-order valence-electron chi connectivity index (χ4n) is 2.48. The van der Waals surface area contributed by atoms with Crippen LogP contribution in [0.1, 0.15) is 11.1 Å². The minimum absolute atomic E-state index is 0.0351. The molecular weight excluding hydrogens is 262 g/mol. The monoisotopic (exact) mass is 279 g/mol. The summed E-state index contributed by atoms with van der Waals surface area (Å²) < 4.78 is 3.71. The Balaban J connectivity index is 2.01. The van der Waals surface area contributed by atoms with E-state index in [2.05, 4.69) is 21.7 Å². The van der Waals surface area contributed by atoms with Crippen molar-refractivity contribution in [3.05, 3.63) is 76.6 Å². The second-order valence-corrected chi connectivity index (χ2v) is 5.22. The summed E-state index contributed by atoms with van der Waals surface area (Å²) in [6, 6.07) is 12.2. The molecule has 3 rings (SSSR count). The summed E-state index contributed by atoms with van der Waals surface area (Å²) in [5.74, 6) is 0. The standard InChI is InChI=1S/C17H17N3O/c1-13-8-15(11-19(2)17(13)21)16-9-18-12-20(16)10-14-6-4-3-5-7-14/h3-9,11-12H,10H2,1-2H3. The van der Waals surface area contributed by atoms with Crippen molar-refractivity contribution in [2.75, 3.05) is 0 Å². The van der Waals surface area contributed by atoms with Crippen molar-refractivity contribution in [3.63, 3.8) is 0 Å². The van der Waals surface area contributed by atoms with Gasteiger partial charge in [-0.25, -0.2) is 4.98 Å². The molecule has 0 atom stereocenters. The molecule has 2 aromatic heterocycles. The van der Waals surface area contributed by atoms with E-state index in [1.807, 2.05) is 49.9 Å². The molecule has 0 amide bonds. The molecule has 3 aromatic rings. The van der Waals surface area contributed by atoms with Crippen molar-refractivity contribution < 1.29 is 0 Å². The highest BCUT2D eigenvalue weighted by Gasteiger charge is 2.08. The highest BCUT2D eigenvalue weighted by Crippen LogP contribution is 2.19. The number of hydrogen-bond donors (Lipinski definition) is 0. The molecule has 0 aliphatic heterocycles. The van der Waals surface area contributed by atoms with Gasteiger partial charge in [-0.2, -0.15) is 0 Å². The SMILES string of the molecule is Cc1cc(-c2cncn2Cc2ccccc2)cn(C)c1=O. The van der Waals surface area contributed by atoms with E-state index in [4.69, 9.17) is 0 Å². The van der Waals surface area contributed by atoms with Gasteiger partial charge in [-0.1, -0.05) is 30.3 Å². The number of aryl methyl sites for hydroxylation is 2. The second kappa shape index (κ2) is 5.40. The maximum absolute atomic E-state index is 11.8. The molecule has 0 aliphatic rings. The molecule has 4 heteroatoms. The quantitative estimate of drug-likeness (QED) is 0.739. The third-order valence-corrected chi connectivity index (χ3v) is 3.57. The van der Waals surface area contributed by atoms with Crippen LogP contribution in [0.2, 0.25) is 0 Å². The smallest absolute Gasteiger partial charge is 0.253 e. The fraction of sp³-hybridized carbons (Fsp3) is 0.176. The molecule has 0 N–H and O–H groups in total. The summed E-state index contributed by atoms with van der Waals surface area (Å²) in [4.78, 5) is 16.1. The molecule has 0 spiro atoms. The molecule has 4 nitrogen and oxygen atoms in total. The van der Waals surface area contributed by atoms with Gasteiger partial charge in [-0.3, -0.25) is 4.79 Å². The normalized spacial score (nSPS) is 10.8. The van der Waals surface area contributed by atoms with Gasteiger partial charge < -0.3 is 9.13 Å². The fourth-order valence-corrected chi connectivity index (χ4v) is 2.48. The van der Waals surface area contributed by atoms with Crippen LogP contribution in [0.5, 0.6) is 0 Å². The van der Waals surface area contributed by atoms with Crippen molar-refractivity contribution in [1.29, 1.82) is 0 Å². The van der Waals surface area contributed by atoms with Crippen molar-refractivity contribution in [3.8, 4) is 11.3 Å². The van der Waals surface area contributed by atoms with Crippen LogP contribution in [-0.2, 0) is 13.6 Å². The zero-order valence-corrected chi connectivity index (χ0v) is 12.2. The Kier molecular flexibility index (Phi) is 3.44. The van der Waals surface area contributed by atoms with E-state index in [1.165, 1.54) is 5.56 Å². The molecular formula is C17H17N3O. The molecule has 2 heterocycles. The summed E-state index contributed by atoms with van der Waals surface area (Å²) in [5, 5.41) is 0. The Morgan fingerprint density at radius 3 is 2.67 bits per heavy atom. The third kappa shape index (κ3) is 2.65. The summed E-state index contributed by atoms with van der Waals surface area (Å²) in [7, 11) is 1.77. The minimum Gasteiger partial charge on any atom is -0.326 e. The molecule has 106 valence electrons. The number of rotatable bonds is 3. The van der Waals surface area contributed by atoms with E-state index in [1.54, 1.807) is 11.6 Å². The van der Waals surface area contributed by atoms with Crippen molar-refractivity contribution in [1.82, 2.24) is 14.1 Å². The van der Waals surface area contributed by atoms with Gasteiger partial charge in [0.1, 0.15) is 0 Å². The molecule has 1 aromatic carbocycles. The molecule has 0 saturated heterocycles. The topological polar surface area (TPSA) is 39.8 Å². The maximum Gasteiger partial charge on any atom is 0.253 e. The first-order chi connectivity index (χ1) is 10.1. The number of benzene rings is 1. The molecule has 0 bridgehead atoms. The van der Waals surface area contributed by atoms with Crippen LogP contribution in [0, 0.1) is 6.92 Å². The van der Waals surface area contributed by atoms with Crippen LogP contribution >= 0.6 is 0 Å². The lowest BCUT2D eigenvalue weighted by molar-refractivity contribution is 0.798. The van der Waals surface area contributed by atoms with Gasteiger partial charge >= 0.3 is 0 Å². The molecule has 0 saturated carbocycles. The van der Waals surface area contributed by atoms with Crippen LogP contribution < -0.4 is 5.56 Å². The minimum atomic E-state index is 0.0351. The van der Waals surface area contributed by atoms with E-state index in [-0.39, 0.29) is 5.56 Å². The number of pyridine rings is 1. The molecule has 0 unspecified atom stereocenters. The van der Waals surface area contributed by atoms with Crippen LogP contribution in [0.25, 0.3) is 11.3 Å². The van der Waals surface area contributed by atoms with Gasteiger partial charge in [0.2, 0.25) is 0 Å². The number of hydrogen-bond acceptors (Lipinski definition) is 2.